The molecule has 0 aliphatic heterocycles. The molecule has 1 aromatic carbocycles. The summed E-state index contributed by atoms with van der Waals surface area (Å²) in [5, 5.41) is 10.5. The predicted molar refractivity (Wildman–Crippen MR) is 63.0 cm³/mol. The predicted octanol–water partition coefficient (Wildman–Crippen LogP) is 2.74. The van der Waals surface area contributed by atoms with Crippen molar-refractivity contribution in [2.45, 2.75) is 13.8 Å². The van der Waals surface area contributed by atoms with Gasteiger partial charge in [0.25, 0.3) is 0 Å². The SMILES string of the molecule is CNc1c(-c2ccc(C)cc2)n[nH]c1C. The van der Waals surface area contributed by atoms with Gasteiger partial charge in [0.2, 0.25) is 0 Å². The number of benzene rings is 1. The highest BCUT2D eigenvalue weighted by atomic mass is 15.1. The van der Waals surface area contributed by atoms with Crippen molar-refractivity contribution >= 4 is 5.69 Å². The number of hydrogen-bond acceptors (Lipinski definition) is 2. The lowest BCUT2D eigenvalue weighted by Crippen LogP contribution is -1.91. The van der Waals surface area contributed by atoms with E-state index in [0.29, 0.717) is 0 Å². The van der Waals surface area contributed by atoms with E-state index >= 15 is 0 Å². The molecule has 0 saturated heterocycles. The van der Waals surface area contributed by atoms with Crippen LogP contribution in [-0.4, -0.2) is 17.2 Å². The van der Waals surface area contributed by atoms with Crippen LogP contribution >= 0.6 is 0 Å². The molecule has 0 unspecified atom stereocenters. The Hall–Kier alpha value is -1.77. The van der Waals surface area contributed by atoms with Gasteiger partial charge in [0, 0.05) is 12.6 Å². The molecule has 0 bridgehead atoms. The van der Waals surface area contributed by atoms with Gasteiger partial charge in [-0.15, -0.1) is 0 Å². The number of hydrogen-bond donors (Lipinski definition) is 2. The molecular formula is C12H15N3. The molecule has 0 aliphatic carbocycles. The van der Waals surface area contributed by atoms with Gasteiger partial charge < -0.3 is 5.32 Å². The third kappa shape index (κ3) is 1.73. The largest absolute Gasteiger partial charge is 0.385 e. The molecular weight excluding hydrogens is 186 g/mol. The topological polar surface area (TPSA) is 40.7 Å². The first-order valence-electron chi connectivity index (χ1n) is 5.02. The summed E-state index contributed by atoms with van der Waals surface area (Å²) >= 11 is 0. The third-order valence-electron chi connectivity index (χ3n) is 2.52. The lowest BCUT2D eigenvalue weighted by molar-refractivity contribution is 1.05. The average molecular weight is 201 g/mol. The maximum atomic E-state index is 4.30. The van der Waals surface area contributed by atoms with E-state index in [1.54, 1.807) is 0 Å². The molecule has 1 aromatic heterocycles. The van der Waals surface area contributed by atoms with Gasteiger partial charge in [-0.2, -0.15) is 5.10 Å². The Morgan fingerprint density at radius 2 is 1.80 bits per heavy atom. The number of H-pyrrole nitrogens is 1. The Kier molecular flexibility index (Phi) is 2.46. The van der Waals surface area contributed by atoms with E-state index in [-0.39, 0.29) is 0 Å². The number of nitrogens with zero attached hydrogens (tertiary/aromatic N) is 1. The van der Waals surface area contributed by atoms with Gasteiger partial charge in [-0.05, 0) is 13.8 Å². The molecule has 0 spiro atoms. The maximum absolute atomic E-state index is 4.30. The zero-order valence-electron chi connectivity index (χ0n) is 9.26. The lowest BCUT2D eigenvalue weighted by atomic mass is 10.1. The summed E-state index contributed by atoms with van der Waals surface area (Å²) in [5.41, 5.74) is 5.51. The number of aromatic amines is 1. The maximum Gasteiger partial charge on any atom is 0.115 e. The number of aromatic nitrogens is 2. The lowest BCUT2D eigenvalue weighted by Gasteiger charge is -2.02. The van der Waals surface area contributed by atoms with E-state index in [0.717, 1.165) is 22.6 Å². The summed E-state index contributed by atoms with van der Waals surface area (Å²) < 4.78 is 0. The standard InChI is InChI=1S/C12H15N3/c1-8-4-6-10(7-5-8)12-11(13-3)9(2)14-15-12/h4-7,13H,1-3H3,(H,14,15). The fourth-order valence-electron chi connectivity index (χ4n) is 1.66. The van der Waals surface area contributed by atoms with Gasteiger partial charge in [-0.3, -0.25) is 5.10 Å². The van der Waals surface area contributed by atoms with Gasteiger partial charge in [0.05, 0.1) is 11.4 Å². The van der Waals surface area contributed by atoms with E-state index in [1.807, 2.05) is 14.0 Å². The fraction of sp³-hybridized carbons (Fsp3) is 0.250. The summed E-state index contributed by atoms with van der Waals surface area (Å²) in [6.45, 7) is 4.09. The van der Waals surface area contributed by atoms with Crippen molar-refractivity contribution in [1.29, 1.82) is 0 Å². The Balaban J connectivity index is 2.49. The molecule has 1 heterocycles. The highest BCUT2D eigenvalue weighted by Crippen LogP contribution is 2.27. The van der Waals surface area contributed by atoms with Crippen LogP contribution in [0, 0.1) is 13.8 Å². The van der Waals surface area contributed by atoms with Crippen LogP contribution in [0.25, 0.3) is 11.3 Å². The average Bonchev–Trinajstić information content (AvgIpc) is 2.61. The van der Waals surface area contributed by atoms with Crippen molar-refractivity contribution in [2.75, 3.05) is 12.4 Å². The number of nitrogens with one attached hydrogen (secondary N) is 2. The second-order valence-electron chi connectivity index (χ2n) is 3.69. The van der Waals surface area contributed by atoms with Crippen molar-refractivity contribution in [3.05, 3.63) is 35.5 Å². The molecule has 0 radical (unpaired) electrons. The first-order chi connectivity index (χ1) is 7.22. The van der Waals surface area contributed by atoms with Crippen molar-refractivity contribution < 1.29 is 0 Å². The van der Waals surface area contributed by atoms with Gasteiger partial charge in [0.1, 0.15) is 5.69 Å². The number of rotatable bonds is 2. The Morgan fingerprint density at radius 1 is 1.13 bits per heavy atom. The summed E-state index contributed by atoms with van der Waals surface area (Å²) in [6, 6.07) is 8.37. The minimum Gasteiger partial charge on any atom is -0.385 e. The zero-order chi connectivity index (χ0) is 10.8. The van der Waals surface area contributed by atoms with E-state index in [9.17, 15) is 0 Å². The van der Waals surface area contributed by atoms with Crippen LogP contribution in [0.1, 0.15) is 11.3 Å². The molecule has 78 valence electrons. The quantitative estimate of drug-likeness (QED) is 0.784. The van der Waals surface area contributed by atoms with E-state index in [4.69, 9.17) is 0 Å². The number of anilines is 1. The van der Waals surface area contributed by atoms with Crippen LogP contribution in [0.15, 0.2) is 24.3 Å². The van der Waals surface area contributed by atoms with Gasteiger partial charge in [-0.1, -0.05) is 29.8 Å². The molecule has 3 nitrogen and oxygen atoms in total. The summed E-state index contributed by atoms with van der Waals surface area (Å²) in [4.78, 5) is 0. The van der Waals surface area contributed by atoms with Crippen LogP contribution in [-0.2, 0) is 0 Å². The molecule has 0 fully saturated rings. The van der Waals surface area contributed by atoms with Crippen molar-refractivity contribution in [1.82, 2.24) is 10.2 Å². The second kappa shape index (κ2) is 3.77. The molecule has 15 heavy (non-hydrogen) atoms. The molecule has 3 heteroatoms. The van der Waals surface area contributed by atoms with Gasteiger partial charge in [0.15, 0.2) is 0 Å². The van der Waals surface area contributed by atoms with Gasteiger partial charge >= 0.3 is 0 Å². The zero-order valence-corrected chi connectivity index (χ0v) is 9.26. The number of aryl methyl sites for hydroxylation is 2. The van der Waals surface area contributed by atoms with E-state index < -0.39 is 0 Å². The highest BCUT2D eigenvalue weighted by Gasteiger charge is 2.09. The minimum absolute atomic E-state index is 0.981. The summed E-state index contributed by atoms with van der Waals surface area (Å²) in [6.07, 6.45) is 0. The molecule has 0 aliphatic rings. The molecule has 0 saturated carbocycles. The Bertz CT molecular complexity index is 454. The van der Waals surface area contributed by atoms with Crippen molar-refractivity contribution in [3.63, 3.8) is 0 Å². The van der Waals surface area contributed by atoms with Crippen molar-refractivity contribution in [2.24, 2.45) is 0 Å². The smallest absolute Gasteiger partial charge is 0.115 e. The molecule has 2 N–H and O–H groups in total. The first kappa shape index (κ1) is 9.77. The molecule has 0 atom stereocenters. The Labute approximate surface area is 89.5 Å². The van der Waals surface area contributed by atoms with E-state index in [1.165, 1.54) is 5.56 Å². The summed E-state index contributed by atoms with van der Waals surface area (Å²) in [7, 11) is 1.91. The van der Waals surface area contributed by atoms with Crippen LogP contribution in [0.5, 0.6) is 0 Å². The van der Waals surface area contributed by atoms with Gasteiger partial charge in [-0.25, -0.2) is 0 Å². The Morgan fingerprint density at radius 3 is 2.40 bits per heavy atom. The normalized spacial score (nSPS) is 10.3. The third-order valence-corrected chi connectivity index (χ3v) is 2.52. The monoisotopic (exact) mass is 201 g/mol. The molecule has 0 amide bonds. The molecule has 2 rings (SSSR count). The van der Waals surface area contributed by atoms with Crippen LogP contribution < -0.4 is 5.32 Å². The second-order valence-corrected chi connectivity index (χ2v) is 3.69. The van der Waals surface area contributed by atoms with Crippen LogP contribution in [0.2, 0.25) is 0 Å². The van der Waals surface area contributed by atoms with Crippen LogP contribution in [0.4, 0.5) is 5.69 Å². The van der Waals surface area contributed by atoms with E-state index in [2.05, 4.69) is 46.7 Å². The summed E-state index contributed by atoms with van der Waals surface area (Å²) in [5.74, 6) is 0. The highest BCUT2D eigenvalue weighted by molar-refractivity contribution is 5.75. The van der Waals surface area contributed by atoms with Crippen molar-refractivity contribution in [3.8, 4) is 11.3 Å². The first-order valence-corrected chi connectivity index (χ1v) is 5.02. The van der Waals surface area contributed by atoms with Crippen LogP contribution in [0.3, 0.4) is 0 Å². The fourth-order valence-corrected chi connectivity index (χ4v) is 1.66. The molecule has 2 aromatic rings. The minimum atomic E-state index is 0.981.